The number of phenols is 1. The third-order valence-corrected chi connectivity index (χ3v) is 5.02. The van der Waals surface area contributed by atoms with E-state index < -0.39 is 12.2 Å². The highest BCUT2D eigenvalue weighted by molar-refractivity contribution is 5.36. The van der Waals surface area contributed by atoms with Gasteiger partial charge in [0.05, 0.1) is 12.7 Å². The predicted octanol–water partition coefficient (Wildman–Crippen LogP) is 3.18. The summed E-state index contributed by atoms with van der Waals surface area (Å²) in [4.78, 5) is 0. The molecule has 0 aliphatic rings. The van der Waals surface area contributed by atoms with Gasteiger partial charge in [-0.3, -0.25) is 0 Å². The van der Waals surface area contributed by atoms with Crippen LogP contribution >= 0.6 is 0 Å². The van der Waals surface area contributed by atoms with Crippen molar-refractivity contribution in [3.05, 3.63) is 95.6 Å². The predicted molar refractivity (Wildman–Crippen MR) is 127 cm³/mol. The van der Waals surface area contributed by atoms with Crippen molar-refractivity contribution in [1.82, 2.24) is 5.32 Å². The summed E-state index contributed by atoms with van der Waals surface area (Å²) in [5.74, 6) is 0.697. The van der Waals surface area contributed by atoms with Crippen LogP contribution in [0.3, 0.4) is 0 Å². The number of allylic oxidation sites excluding steroid dienone is 3. The van der Waals surface area contributed by atoms with Crippen molar-refractivity contribution < 1.29 is 25.2 Å². The molecule has 0 radical (unpaired) electrons. The molecule has 32 heavy (non-hydrogen) atoms. The van der Waals surface area contributed by atoms with Gasteiger partial charge in [0, 0.05) is 12.1 Å². The Morgan fingerprint density at radius 2 is 1.91 bits per heavy atom. The van der Waals surface area contributed by atoms with Crippen LogP contribution < -0.4 is 10.1 Å². The molecular formula is C26H33NO5. The van der Waals surface area contributed by atoms with E-state index in [4.69, 9.17) is 4.74 Å². The zero-order chi connectivity index (χ0) is 23.3. The molecule has 0 fully saturated rings. The first-order valence-electron chi connectivity index (χ1n) is 10.6. The van der Waals surface area contributed by atoms with E-state index in [0.717, 1.165) is 12.0 Å². The molecule has 6 heteroatoms. The summed E-state index contributed by atoms with van der Waals surface area (Å²) in [6.07, 6.45) is 6.45. The summed E-state index contributed by atoms with van der Waals surface area (Å²) < 4.78 is 5.67. The van der Waals surface area contributed by atoms with E-state index in [9.17, 15) is 20.4 Å². The van der Waals surface area contributed by atoms with Crippen LogP contribution in [0.25, 0.3) is 0 Å². The SMILES string of the molecule is C=C/C(=C\C=C/C)C(O)COc1ccc(CCNCC(O)c2ccc(O)c(CO)c2)cc1. The first kappa shape index (κ1) is 25.4. The molecule has 2 aromatic carbocycles. The molecule has 2 unspecified atom stereocenters. The van der Waals surface area contributed by atoms with Gasteiger partial charge < -0.3 is 30.5 Å². The molecule has 0 bridgehead atoms. The van der Waals surface area contributed by atoms with Gasteiger partial charge in [-0.15, -0.1) is 0 Å². The van der Waals surface area contributed by atoms with Gasteiger partial charge in [0.15, 0.2) is 0 Å². The molecule has 5 N–H and O–H groups in total. The number of nitrogens with one attached hydrogen (secondary N) is 1. The quantitative estimate of drug-likeness (QED) is 0.243. The third kappa shape index (κ3) is 7.98. The number of hydrogen-bond acceptors (Lipinski definition) is 6. The number of ether oxygens (including phenoxy) is 1. The molecule has 0 aliphatic heterocycles. The Morgan fingerprint density at radius 1 is 1.16 bits per heavy atom. The van der Waals surface area contributed by atoms with Crippen LogP contribution in [0, 0.1) is 0 Å². The molecule has 2 aromatic rings. The van der Waals surface area contributed by atoms with E-state index in [0.29, 0.717) is 35.5 Å². The first-order valence-corrected chi connectivity index (χ1v) is 10.6. The third-order valence-electron chi connectivity index (χ3n) is 5.02. The second-order valence-corrected chi connectivity index (χ2v) is 7.38. The second-order valence-electron chi connectivity index (χ2n) is 7.38. The van der Waals surface area contributed by atoms with Gasteiger partial charge in [-0.05, 0) is 60.9 Å². The van der Waals surface area contributed by atoms with Gasteiger partial charge in [0.2, 0.25) is 0 Å². The molecule has 0 aliphatic carbocycles. The van der Waals surface area contributed by atoms with Crippen molar-refractivity contribution in [2.24, 2.45) is 0 Å². The minimum absolute atomic E-state index is 0.0182. The zero-order valence-electron chi connectivity index (χ0n) is 18.4. The summed E-state index contributed by atoms with van der Waals surface area (Å²) >= 11 is 0. The van der Waals surface area contributed by atoms with Crippen molar-refractivity contribution in [2.75, 3.05) is 19.7 Å². The Kier molecular flexibility index (Phi) is 10.7. The molecule has 172 valence electrons. The molecule has 0 amide bonds. The summed E-state index contributed by atoms with van der Waals surface area (Å²) in [5, 5.41) is 42.6. The molecule has 6 nitrogen and oxygen atoms in total. The standard InChI is InChI=1S/C26H33NO5/c1-3-5-6-20(4-2)26(31)18-32-23-10-7-19(8-11-23)13-14-27-16-25(30)21-9-12-24(29)22(15-21)17-28/h3-12,15,25-31H,2,13-14,16-18H2,1H3/b5-3-,20-6+. The Morgan fingerprint density at radius 3 is 2.56 bits per heavy atom. The van der Waals surface area contributed by atoms with Crippen molar-refractivity contribution in [3.8, 4) is 11.5 Å². The summed E-state index contributed by atoms with van der Waals surface area (Å²) in [7, 11) is 0. The summed E-state index contributed by atoms with van der Waals surface area (Å²) in [5.41, 5.74) is 2.86. The van der Waals surface area contributed by atoms with E-state index in [1.165, 1.54) is 6.07 Å². The van der Waals surface area contributed by atoms with E-state index in [1.54, 1.807) is 24.3 Å². The molecule has 0 saturated carbocycles. The zero-order valence-corrected chi connectivity index (χ0v) is 18.4. The lowest BCUT2D eigenvalue weighted by Gasteiger charge is -2.14. The number of hydrogen-bond donors (Lipinski definition) is 5. The van der Waals surface area contributed by atoms with Crippen LogP contribution in [-0.2, 0) is 13.0 Å². The second kappa shape index (κ2) is 13.5. The minimum Gasteiger partial charge on any atom is -0.508 e. The van der Waals surface area contributed by atoms with Crippen LogP contribution in [0.2, 0.25) is 0 Å². The topological polar surface area (TPSA) is 102 Å². The molecule has 0 aromatic heterocycles. The molecule has 0 heterocycles. The largest absolute Gasteiger partial charge is 0.508 e. The lowest BCUT2D eigenvalue weighted by Crippen LogP contribution is -2.23. The van der Waals surface area contributed by atoms with Gasteiger partial charge in [0.25, 0.3) is 0 Å². The van der Waals surface area contributed by atoms with Crippen LogP contribution in [0.15, 0.2) is 78.9 Å². The number of aromatic hydroxyl groups is 1. The molecule has 0 saturated heterocycles. The monoisotopic (exact) mass is 439 g/mol. The van der Waals surface area contributed by atoms with Crippen LogP contribution in [0.4, 0.5) is 0 Å². The Balaban J connectivity index is 1.75. The fourth-order valence-electron chi connectivity index (χ4n) is 3.07. The summed E-state index contributed by atoms with van der Waals surface area (Å²) in [6, 6.07) is 12.4. The van der Waals surface area contributed by atoms with Gasteiger partial charge in [-0.1, -0.05) is 49.1 Å². The average Bonchev–Trinajstić information content (AvgIpc) is 2.81. The number of rotatable bonds is 13. The summed E-state index contributed by atoms with van der Waals surface area (Å²) in [6.45, 7) is 6.53. The van der Waals surface area contributed by atoms with Crippen LogP contribution in [0.1, 0.15) is 29.7 Å². The van der Waals surface area contributed by atoms with Crippen molar-refractivity contribution >= 4 is 0 Å². The lowest BCUT2D eigenvalue weighted by atomic mass is 10.1. The lowest BCUT2D eigenvalue weighted by molar-refractivity contribution is 0.138. The van der Waals surface area contributed by atoms with E-state index in [-0.39, 0.29) is 19.0 Å². The van der Waals surface area contributed by atoms with Gasteiger partial charge in [-0.2, -0.15) is 0 Å². The van der Waals surface area contributed by atoms with Crippen LogP contribution in [-0.4, -0.2) is 46.2 Å². The van der Waals surface area contributed by atoms with Crippen molar-refractivity contribution in [3.63, 3.8) is 0 Å². The average molecular weight is 440 g/mol. The fourth-order valence-corrected chi connectivity index (χ4v) is 3.07. The Hall–Kier alpha value is -2.90. The van der Waals surface area contributed by atoms with Gasteiger partial charge >= 0.3 is 0 Å². The highest BCUT2D eigenvalue weighted by Gasteiger charge is 2.10. The molecular weight excluding hydrogens is 406 g/mol. The van der Waals surface area contributed by atoms with E-state index in [2.05, 4.69) is 11.9 Å². The van der Waals surface area contributed by atoms with Crippen LogP contribution in [0.5, 0.6) is 11.5 Å². The highest BCUT2D eigenvalue weighted by Crippen LogP contribution is 2.22. The number of aliphatic hydroxyl groups excluding tert-OH is 3. The normalized spacial score (nSPS) is 13.8. The first-order chi connectivity index (χ1) is 15.5. The van der Waals surface area contributed by atoms with Crippen molar-refractivity contribution in [1.29, 1.82) is 0 Å². The van der Waals surface area contributed by atoms with Crippen molar-refractivity contribution in [2.45, 2.75) is 32.2 Å². The molecule has 2 atom stereocenters. The fraction of sp³-hybridized carbons (Fsp3) is 0.308. The molecule has 0 spiro atoms. The highest BCUT2D eigenvalue weighted by atomic mass is 16.5. The van der Waals surface area contributed by atoms with Gasteiger partial charge in [-0.25, -0.2) is 0 Å². The maximum Gasteiger partial charge on any atom is 0.121 e. The van der Waals surface area contributed by atoms with E-state index in [1.807, 2.05) is 43.3 Å². The Bertz CT molecular complexity index is 905. The minimum atomic E-state index is -0.749. The molecule has 2 rings (SSSR count). The smallest absolute Gasteiger partial charge is 0.121 e. The number of aliphatic hydroxyl groups is 3. The Labute approximate surface area is 189 Å². The van der Waals surface area contributed by atoms with Gasteiger partial charge in [0.1, 0.15) is 24.2 Å². The maximum absolute atomic E-state index is 10.3. The maximum atomic E-state index is 10.3. The number of benzene rings is 2. The van der Waals surface area contributed by atoms with E-state index >= 15 is 0 Å².